The molecule has 1 saturated heterocycles. The minimum absolute atomic E-state index is 0.120. The van der Waals surface area contributed by atoms with Crippen LogP contribution in [0.15, 0.2) is 24.3 Å². The van der Waals surface area contributed by atoms with Gasteiger partial charge in [-0.1, -0.05) is 18.2 Å². The van der Waals surface area contributed by atoms with E-state index in [0.717, 1.165) is 0 Å². The van der Waals surface area contributed by atoms with E-state index in [1.165, 1.54) is 4.90 Å². The highest BCUT2D eigenvalue weighted by Crippen LogP contribution is 2.54. The summed E-state index contributed by atoms with van der Waals surface area (Å²) in [5, 5.41) is 23.1. The number of aliphatic hydroxyl groups is 1. The molecule has 1 aromatic rings. The van der Waals surface area contributed by atoms with Gasteiger partial charge in [0, 0.05) is 23.7 Å². The molecule has 2 fully saturated rings. The first-order chi connectivity index (χ1) is 14.7. The third-order valence-corrected chi connectivity index (χ3v) is 6.50. The molecule has 1 aliphatic carbocycles. The van der Waals surface area contributed by atoms with E-state index in [2.05, 4.69) is 10.6 Å². The van der Waals surface area contributed by atoms with Crippen LogP contribution in [-0.4, -0.2) is 69.6 Å². The van der Waals surface area contributed by atoms with Gasteiger partial charge in [0.1, 0.15) is 16.1 Å². The van der Waals surface area contributed by atoms with Crippen molar-refractivity contribution in [2.45, 2.75) is 35.7 Å². The van der Waals surface area contributed by atoms with Gasteiger partial charge in [-0.3, -0.25) is 19.8 Å². The molecular weight excluding hydrogens is 445 g/mol. The Morgan fingerprint density at radius 2 is 2.00 bits per heavy atom. The lowest BCUT2D eigenvalue weighted by molar-refractivity contribution is -0.137. The average Bonchev–Trinajstić information content (AvgIpc) is 3.15. The number of rotatable bonds is 9. The maximum atomic E-state index is 12.8. The second-order valence-electron chi connectivity index (χ2n) is 7.75. The van der Waals surface area contributed by atoms with E-state index in [-0.39, 0.29) is 36.6 Å². The van der Waals surface area contributed by atoms with Crippen LogP contribution in [0.5, 0.6) is 0 Å². The van der Waals surface area contributed by atoms with Gasteiger partial charge in [0.2, 0.25) is 11.8 Å². The fourth-order valence-electron chi connectivity index (χ4n) is 3.82. The lowest BCUT2D eigenvalue weighted by Crippen LogP contribution is -2.51. The number of hydrogen-bond donors (Lipinski definition) is 5. The lowest BCUT2D eigenvalue weighted by atomic mass is 10.1. The standard InChI is InChI=1S/C20H25Cl2N5O4/c21-20(22)8-12(20)14(10-28)26-19(31)15-6-3-7-27(15)16(29)9-25-13-5-2-1-4-11(13)17(23)18(24)30/h1-2,4-5,12,14-15,23,25,28H,3,6-10H2,(H2,24,30)(H,26,31). The first kappa shape index (κ1) is 23.3. The molecule has 6 N–H and O–H groups in total. The van der Waals surface area contributed by atoms with Crippen LogP contribution < -0.4 is 16.4 Å². The molecular formula is C20H25Cl2N5O4. The first-order valence-electron chi connectivity index (χ1n) is 9.96. The van der Waals surface area contributed by atoms with E-state index in [4.69, 9.17) is 34.3 Å². The number of aliphatic hydroxyl groups excluding tert-OH is 1. The molecule has 1 aliphatic heterocycles. The summed E-state index contributed by atoms with van der Waals surface area (Å²) in [5.74, 6) is -1.75. The van der Waals surface area contributed by atoms with Crippen molar-refractivity contribution in [3.63, 3.8) is 0 Å². The zero-order valence-corrected chi connectivity index (χ0v) is 18.2. The minimum Gasteiger partial charge on any atom is -0.394 e. The smallest absolute Gasteiger partial charge is 0.267 e. The third-order valence-electron chi connectivity index (χ3n) is 5.63. The minimum atomic E-state index is -0.943. The SMILES string of the molecule is N=C(C(N)=O)c1ccccc1NCC(=O)N1CCCC1C(=O)NC(CO)C1CC1(Cl)Cl. The van der Waals surface area contributed by atoms with E-state index in [1.807, 2.05) is 0 Å². The maximum absolute atomic E-state index is 12.8. The number of amides is 3. The number of carbonyl (C=O) groups excluding carboxylic acids is 3. The van der Waals surface area contributed by atoms with Crippen LogP contribution in [0, 0.1) is 11.3 Å². The van der Waals surface area contributed by atoms with Gasteiger partial charge in [-0.05, 0) is 25.3 Å². The average molecular weight is 470 g/mol. The van der Waals surface area contributed by atoms with Crippen LogP contribution in [0.3, 0.4) is 0 Å². The molecule has 3 rings (SSSR count). The molecule has 0 spiro atoms. The number of para-hydroxylation sites is 1. The molecule has 9 nitrogen and oxygen atoms in total. The van der Waals surface area contributed by atoms with Crippen molar-refractivity contribution in [3.05, 3.63) is 29.8 Å². The molecule has 0 radical (unpaired) electrons. The number of alkyl halides is 2. The van der Waals surface area contributed by atoms with Gasteiger partial charge in [-0.15, -0.1) is 23.2 Å². The molecule has 1 heterocycles. The molecule has 168 valence electrons. The van der Waals surface area contributed by atoms with Crippen LogP contribution in [0.4, 0.5) is 5.69 Å². The Kier molecular flexibility index (Phi) is 7.08. The third kappa shape index (κ3) is 5.28. The van der Waals surface area contributed by atoms with Crippen LogP contribution in [-0.2, 0) is 14.4 Å². The number of nitrogens with two attached hydrogens (primary N) is 1. The predicted octanol–water partition coefficient (Wildman–Crippen LogP) is 0.614. The van der Waals surface area contributed by atoms with E-state index in [1.54, 1.807) is 24.3 Å². The summed E-state index contributed by atoms with van der Waals surface area (Å²) < 4.78 is -0.943. The number of nitrogens with one attached hydrogen (secondary N) is 3. The number of primary amides is 1. The molecule has 3 atom stereocenters. The quantitative estimate of drug-likeness (QED) is 0.265. The number of hydrogen-bond acceptors (Lipinski definition) is 6. The van der Waals surface area contributed by atoms with Crippen molar-refractivity contribution in [2.24, 2.45) is 11.7 Å². The highest BCUT2D eigenvalue weighted by atomic mass is 35.5. The van der Waals surface area contributed by atoms with E-state index in [9.17, 15) is 19.5 Å². The molecule has 31 heavy (non-hydrogen) atoms. The Bertz CT molecular complexity index is 894. The van der Waals surface area contributed by atoms with E-state index >= 15 is 0 Å². The van der Waals surface area contributed by atoms with Gasteiger partial charge in [0.15, 0.2) is 0 Å². The molecule has 1 aromatic carbocycles. The number of carbonyl (C=O) groups is 3. The Balaban J connectivity index is 1.61. The highest BCUT2D eigenvalue weighted by molar-refractivity contribution is 6.51. The number of nitrogens with zero attached hydrogens (tertiary/aromatic N) is 1. The van der Waals surface area contributed by atoms with Gasteiger partial charge < -0.3 is 26.4 Å². The maximum Gasteiger partial charge on any atom is 0.267 e. The largest absolute Gasteiger partial charge is 0.394 e. The summed E-state index contributed by atoms with van der Waals surface area (Å²) in [4.78, 5) is 38.4. The van der Waals surface area contributed by atoms with Crippen LogP contribution >= 0.6 is 23.2 Å². The molecule has 2 aliphatic rings. The van der Waals surface area contributed by atoms with Crippen molar-refractivity contribution in [1.82, 2.24) is 10.2 Å². The summed E-state index contributed by atoms with van der Waals surface area (Å²) in [5.41, 5.74) is 5.55. The van der Waals surface area contributed by atoms with Gasteiger partial charge >= 0.3 is 0 Å². The van der Waals surface area contributed by atoms with Crippen LogP contribution in [0.25, 0.3) is 0 Å². The highest BCUT2D eigenvalue weighted by Gasteiger charge is 2.56. The Labute approximate surface area is 189 Å². The Morgan fingerprint density at radius 3 is 2.61 bits per heavy atom. The topological polar surface area (TPSA) is 149 Å². The van der Waals surface area contributed by atoms with Gasteiger partial charge in [-0.25, -0.2) is 0 Å². The summed E-state index contributed by atoms with van der Waals surface area (Å²) >= 11 is 12.1. The van der Waals surface area contributed by atoms with Gasteiger partial charge in [-0.2, -0.15) is 0 Å². The predicted molar refractivity (Wildman–Crippen MR) is 117 cm³/mol. The number of anilines is 1. The first-order valence-corrected chi connectivity index (χ1v) is 10.7. The van der Waals surface area contributed by atoms with Crippen molar-refractivity contribution in [3.8, 4) is 0 Å². The van der Waals surface area contributed by atoms with Crippen molar-refractivity contribution < 1.29 is 19.5 Å². The van der Waals surface area contributed by atoms with Crippen LogP contribution in [0.2, 0.25) is 0 Å². The molecule has 3 unspecified atom stereocenters. The van der Waals surface area contributed by atoms with Gasteiger partial charge in [0.25, 0.3) is 5.91 Å². The van der Waals surface area contributed by atoms with Crippen LogP contribution in [0.1, 0.15) is 24.8 Å². The summed E-state index contributed by atoms with van der Waals surface area (Å²) in [6.45, 7) is 0.0211. The second kappa shape index (κ2) is 9.42. The molecule has 11 heteroatoms. The van der Waals surface area contributed by atoms with Crippen molar-refractivity contribution >= 4 is 52.3 Å². The molecule has 0 aromatic heterocycles. The van der Waals surface area contributed by atoms with E-state index in [0.29, 0.717) is 37.1 Å². The number of likely N-dealkylation sites (tertiary alicyclic amines) is 1. The fourth-order valence-corrected chi connectivity index (χ4v) is 4.46. The second-order valence-corrected chi connectivity index (χ2v) is 9.30. The Morgan fingerprint density at radius 1 is 1.32 bits per heavy atom. The van der Waals surface area contributed by atoms with E-state index < -0.39 is 22.3 Å². The molecule has 0 bridgehead atoms. The summed E-state index contributed by atoms with van der Waals surface area (Å²) in [6, 6.07) is 5.35. The number of benzene rings is 1. The summed E-state index contributed by atoms with van der Waals surface area (Å²) in [6.07, 6.45) is 1.67. The van der Waals surface area contributed by atoms with Crippen molar-refractivity contribution in [1.29, 1.82) is 5.41 Å². The molecule has 3 amide bonds. The fraction of sp³-hybridized carbons (Fsp3) is 0.500. The monoisotopic (exact) mass is 469 g/mol. The Hall–Kier alpha value is -2.36. The van der Waals surface area contributed by atoms with Crippen molar-refractivity contribution in [2.75, 3.05) is 25.0 Å². The zero-order chi connectivity index (χ0) is 22.8. The zero-order valence-electron chi connectivity index (χ0n) is 16.7. The number of halogens is 2. The lowest BCUT2D eigenvalue weighted by Gasteiger charge is -2.26. The van der Waals surface area contributed by atoms with Gasteiger partial charge in [0.05, 0.1) is 19.2 Å². The molecule has 1 saturated carbocycles. The summed E-state index contributed by atoms with van der Waals surface area (Å²) in [7, 11) is 0. The normalized spacial score (nSPS) is 22.5.